The summed E-state index contributed by atoms with van der Waals surface area (Å²) in [6, 6.07) is 38.8. The van der Waals surface area contributed by atoms with E-state index in [9.17, 15) is 10.2 Å². The van der Waals surface area contributed by atoms with Crippen LogP contribution in [0.25, 0.3) is 65.6 Å². The molecule has 2 aromatic heterocycles. The standard InChI is InChI=1S/C56H60N2O2S/c1-53(2,3)37-21-23-41-35(25-37)29-45(55(7,8)9)51(59)47(41)49-43-19-15-13-17-33(43)27-39(57-49)31-61-32-40-28-34-18-14-16-20-44(34)50(58-40)48-42-24-22-38(54(4,5)6)26-36(42)30-46(52(48)60)56(10,11)12/h13-30,59-60H,31-32H2,1-12H3. The van der Waals surface area contributed by atoms with Crippen LogP contribution in [0, 0.1) is 0 Å². The lowest BCUT2D eigenvalue weighted by Gasteiger charge is -2.25. The number of phenols is 2. The summed E-state index contributed by atoms with van der Waals surface area (Å²) in [5, 5.41) is 32.8. The molecule has 5 heteroatoms. The molecule has 61 heavy (non-hydrogen) atoms. The second-order valence-corrected chi connectivity index (χ2v) is 22.0. The fourth-order valence-electron chi connectivity index (χ4n) is 8.65. The highest BCUT2D eigenvalue weighted by Gasteiger charge is 2.28. The van der Waals surface area contributed by atoms with Crippen molar-refractivity contribution in [2.24, 2.45) is 0 Å². The number of hydrogen-bond donors (Lipinski definition) is 2. The number of rotatable bonds is 6. The highest BCUT2D eigenvalue weighted by molar-refractivity contribution is 7.97. The Hall–Kier alpha value is -5.39. The lowest BCUT2D eigenvalue weighted by Crippen LogP contribution is -2.13. The smallest absolute Gasteiger partial charge is 0.129 e. The van der Waals surface area contributed by atoms with E-state index in [0.29, 0.717) is 23.0 Å². The molecule has 0 aliphatic carbocycles. The van der Waals surface area contributed by atoms with Gasteiger partial charge in [0.05, 0.1) is 33.9 Å². The van der Waals surface area contributed by atoms with Crippen LogP contribution in [-0.4, -0.2) is 20.2 Å². The minimum absolute atomic E-state index is 0.0162. The molecule has 0 radical (unpaired) electrons. The van der Waals surface area contributed by atoms with Gasteiger partial charge < -0.3 is 10.2 Å². The van der Waals surface area contributed by atoms with Crippen LogP contribution in [-0.2, 0) is 33.2 Å². The molecule has 0 aliphatic heterocycles. The Labute approximate surface area is 366 Å². The van der Waals surface area contributed by atoms with E-state index in [-0.39, 0.29) is 21.7 Å². The molecule has 8 rings (SSSR count). The number of aromatic nitrogens is 2. The highest BCUT2D eigenvalue weighted by Crippen LogP contribution is 2.48. The Morgan fingerprint density at radius 1 is 0.410 bits per heavy atom. The minimum atomic E-state index is -0.285. The van der Waals surface area contributed by atoms with Crippen molar-refractivity contribution in [1.82, 2.24) is 9.97 Å². The van der Waals surface area contributed by atoms with E-state index in [4.69, 9.17) is 9.97 Å². The van der Waals surface area contributed by atoms with Crippen molar-refractivity contribution in [1.29, 1.82) is 0 Å². The van der Waals surface area contributed by atoms with E-state index in [0.717, 1.165) is 88.1 Å². The van der Waals surface area contributed by atoms with E-state index < -0.39 is 0 Å². The Morgan fingerprint density at radius 3 is 1.15 bits per heavy atom. The zero-order chi connectivity index (χ0) is 43.8. The Kier molecular flexibility index (Phi) is 10.5. The van der Waals surface area contributed by atoms with E-state index in [2.05, 4.69) is 192 Å². The maximum absolute atomic E-state index is 12.2. The van der Waals surface area contributed by atoms with Crippen LogP contribution in [0.1, 0.15) is 117 Å². The Bertz CT molecular complexity index is 2800. The molecule has 0 aliphatic rings. The van der Waals surface area contributed by atoms with Crippen molar-refractivity contribution in [3.63, 3.8) is 0 Å². The molecule has 0 amide bonds. The van der Waals surface area contributed by atoms with E-state index in [1.165, 1.54) is 11.1 Å². The number of thioether (sulfide) groups is 1. The second kappa shape index (κ2) is 15.2. The van der Waals surface area contributed by atoms with Crippen LogP contribution in [0.5, 0.6) is 11.5 Å². The molecule has 312 valence electrons. The van der Waals surface area contributed by atoms with Crippen LogP contribution in [0.15, 0.2) is 109 Å². The molecule has 0 bridgehead atoms. The molecule has 0 unspecified atom stereocenters. The normalized spacial score (nSPS) is 12.9. The molecule has 4 nitrogen and oxygen atoms in total. The Balaban J connectivity index is 1.22. The molecule has 6 aromatic carbocycles. The summed E-state index contributed by atoms with van der Waals surface area (Å²) in [7, 11) is 0. The number of fused-ring (bicyclic) bond motifs is 4. The zero-order valence-corrected chi connectivity index (χ0v) is 38.8. The van der Waals surface area contributed by atoms with Gasteiger partial charge in [0.15, 0.2) is 0 Å². The van der Waals surface area contributed by atoms with Crippen molar-refractivity contribution in [3.05, 3.63) is 143 Å². The minimum Gasteiger partial charge on any atom is -0.507 e. The van der Waals surface area contributed by atoms with E-state index in [1.807, 2.05) is 0 Å². The number of aromatic hydroxyl groups is 2. The first-order valence-electron chi connectivity index (χ1n) is 21.6. The molecular weight excluding hydrogens is 765 g/mol. The maximum atomic E-state index is 12.2. The van der Waals surface area contributed by atoms with Crippen LogP contribution >= 0.6 is 11.8 Å². The monoisotopic (exact) mass is 824 g/mol. The molecule has 0 saturated heterocycles. The van der Waals surface area contributed by atoms with Gasteiger partial charge in [-0.15, -0.1) is 11.8 Å². The summed E-state index contributed by atoms with van der Waals surface area (Å²) in [5.41, 5.74) is 8.77. The lowest BCUT2D eigenvalue weighted by atomic mass is 9.80. The number of pyridine rings is 2. The van der Waals surface area contributed by atoms with Gasteiger partial charge in [-0.25, -0.2) is 0 Å². The van der Waals surface area contributed by atoms with Crippen LogP contribution in [0.4, 0.5) is 0 Å². The van der Waals surface area contributed by atoms with Crippen molar-refractivity contribution >= 4 is 54.9 Å². The number of phenolic OH excluding ortho intramolecular Hbond substituents is 2. The van der Waals surface area contributed by atoms with Crippen molar-refractivity contribution < 1.29 is 10.2 Å². The van der Waals surface area contributed by atoms with E-state index >= 15 is 0 Å². The third-order valence-electron chi connectivity index (χ3n) is 12.1. The van der Waals surface area contributed by atoms with Gasteiger partial charge in [-0.2, -0.15) is 0 Å². The SMILES string of the molecule is CC(C)(C)c1ccc2c(-c3nc(CSCc4cc5ccccc5c(-c5c(O)c(C(C)(C)C)cc6cc(C(C)(C)C)ccc56)n4)cc4ccccc34)c(O)c(C(C)(C)C)cc2c1. The van der Waals surface area contributed by atoms with Gasteiger partial charge in [-0.3, -0.25) is 9.97 Å². The number of benzene rings is 6. The number of nitrogens with zero attached hydrogens (tertiary/aromatic N) is 2. The van der Waals surface area contributed by atoms with Crippen LogP contribution in [0.3, 0.4) is 0 Å². The second-order valence-electron chi connectivity index (χ2n) is 21.0. The first-order chi connectivity index (χ1) is 28.6. The van der Waals surface area contributed by atoms with Crippen LogP contribution < -0.4 is 0 Å². The van der Waals surface area contributed by atoms with Gasteiger partial charge in [0, 0.05) is 33.4 Å². The largest absolute Gasteiger partial charge is 0.507 e. The number of hydrogen-bond acceptors (Lipinski definition) is 5. The molecule has 8 aromatic rings. The molecule has 2 heterocycles. The van der Waals surface area contributed by atoms with E-state index in [1.54, 1.807) is 11.8 Å². The average Bonchev–Trinajstić information content (AvgIpc) is 3.18. The fourth-order valence-corrected chi connectivity index (χ4v) is 9.46. The topological polar surface area (TPSA) is 66.2 Å². The first kappa shape index (κ1) is 42.3. The Morgan fingerprint density at radius 2 is 0.787 bits per heavy atom. The predicted octanol–water partition coefficient (Wildman–Crippen LogP) is 15.5. The van der Waals surface area contributed by atoms with Crippen molar-refractivity contribution in [2.45, 2.75) is 116 Å². The first-order valence-corrected chi connectivity index (χ1v) is 22.7. The summed E-state index contributed by atoms with van der Waals surface area (Å²) in [6.45, 7) is 26.4. The summed E-state index contributed by atoms with van der Waals surface area (Å²) < 4.78 is 0. The van der Waals surface area contributed by atoms with Gasteiger partial charge in [0.2, 0.25) is 0 Å². The van der Waals surface area contributed by atoms with Crippen LogP contribution in [0.2, 0.25) is 0 Å². The van der Waals surface area contributed by atoms with Crippen molar-refractivity contribution in [3.8, 4) is 34.0 Å². The third-order valence-corrected chi connectivity index (χ3v) is 13.1. The van der Waals surface area contributed by atoms with Gasteiger partial charge in [0.25, 0.3) is 0 Å². The zero-order valence-electron chi connectivity index (χ0n) is 38.0. The molecule has 0 atom stereocenters. The molecule has 0 spiro atoms. The van der Waals surface area contributed by atoms with Gasteiger partial charge in [-0.1, -0.05) is 168 Å². The molecule has 0 saturated carbocycles. The average molecular weight is 825 g/mol. The highest BCUT2D eigenvalue weighted by atomic mass is 32.2. The third kappa shape index (κ3) is 8.10. The molecule has 0 fully saturated rings. The van der Waals surface area contributed by atoms with Crippen molar-refractivity contribution in [2.75, 3.05) is 0 Å². The maximum Gasteiger partial charge on any atom is 0.129 e. The quantitative estimate of drug-likeness (QED) is 0.175. The van der Waals surface area contributed by atoms with Gasteiger partial charge >= 0.3 is 0 Å². The molecular formula is C56H60N2O2S. The summed E-state index contributed by atoms with van der Waals surface area (Å²) in [6.07, 6.45) is 0. The summed E-state index contributed by atoms with van der Waals surface area (Å²) in [5.74, 6) is 1.88. The summed E-state index contributed by atoms with van der Waals surface area (Å²) >= 11 is 1.77. The summed E-state index contributed by atoms with van der Waals surface area (Å²) in [4.78, 5) is 10.8. The molecule has 2 N–H and O–H groups in total. The van der Waals surface area contributed by atoms with Gasteiger partial charge in [-0.05, 0) is 89.4 Å². The lowest BCUT2D eigenvalue weighted by molar-refractivity contribution is 0.449. The van der Waals surface area contributed by atoms with Gasteiger partial charge in [0.1, 0.15) is 11.5 Å². The fraction of sp³-hybridized carbons (Fsp3) is 0.321. The predicted molar refractivity (Wildman–Crippen MR) is 262 cm³/mol.